The van der Waals surface area contributed by atoms with Crippen LogP contribution in [-0.2, 0) is 13.1 Å². The van der Waals surface area contributed by atoms with Crippen molar-refractivity contribution in [3.63, 3.8) is 0 Å². The van der Waals surface area contributed by atoms with E-state index in [0.29, 0.717) is 23.3 Å². The van der Waals surface area contributed by atoms with E-state index in [1.807, 2.05) is 30.5 Å². The summed E-state index contributed by atoms with van der Waals surface area (Å²) in [7, 11) is 0. The van der Waals surface area contributed by atoms with Crippen LogP contribution in [0.4, 0.5) is 0 Å². The Balaban J connectivity index is 1.48. The lowest BCUT2D eigenvalue weighted by Crippen LogP contribution is -2.36. The Morgan fingerprint density at radius 3 is 2.45 bits per heavy atom. The van der Waals surface area contributed by atoms with Crippen LogP contribution in [0, 0.1) is 0 Å². The summed E-state index contributed by atoms with van der Waals surface area (Å²) in [6, 6.07) is 18.4. The number of aromatic nitrogens is 3. The summed E-state index contributed by atoms with van der Waals surface area (Å²) in [4.78, 5) is 44.7. The fraction of sp³-hybridized carbons (Fsp3) is 0.130. The maximum Gasteiger partial charge on any atom is 0.318 e. The third-order valence-corrected chi connectivity index (χ3v) is 5.64. The van der Waals surface area contributed by atoms with E-state index in [9.17, 15) is 14.4 Å². The summed E-state index contributed by atoms with van der Waals surface area (Å²) < 4.78 is 1.33. The van der Waals surface area contributed by atoms with Crippen LogP contribution in [0.3, 0.4) is 0 Å². The van der Waals surface area contributed by atoms with E-state index in [1.54, 1.807) is 54.4 Å². The topological polar surface area (TPSA) is 96.9 Å². The zero-order chi connectivity index (χ0) is 21.8. The van der Waals surface area contributed by atoms with Gasteiger partial charge in [0.15, 0.2) is 5.65 Å². The van der Waals surface area contributed by atoms with Gasteiger partial charge in [-0.3, -0.25) is 19.0 Å². The highest BCUT2D eigenvalue weighted by Gasteiger charge is 2.10. The molecule has 2 heterocycles. The molecule has 4 rings (SSSR count). The number of hydrogen-bond acceptors (Lipinski definition) is 5. The molecule has 2 aromatic carbocycles. The molecule has 8 heteroatoms. The SMILES string of the molecule is CSc1ccc(CNC(=O)c2ccc(Cn3c(=O)c(=O)[nH]c4cccnc43)cc2)cc1. The number of hydrogen-bond donors (Lipinski definition) is 2. The van der Waals surface area contributed by atoms with Gasteiger partial charge in [0, 0.05) is 23.2 Å². The molecule has 2 aromatic heterocycles. The standard InChI is InChI=1S/C23H20N4O3S/c1-31-18-10-6-15(7-11-18)13-25-21(28)17-8-4-16(5-9-17)14-27-20-19(3-2-12-24-20)26-22(29)23(27)30/h2-12H,13-14H2,1H3,(H,25,28)(H,26,29). The van der Waals surface area contributed by atoms with Gasteiger partial charge >= 0.3 is 11.1 Å². The van der Waals surface area contributed by atoms with Crippen LogP contribution >= 0.6 is 11.8 Å². The van der Waals surface area contributed by atoms with Gasteiger partial charge in [0.25, 0.3) is 5.91 Å². The first-order chi connectivity index (χ1) is 15.0. The molecule has 0 aliphatic heterocycles. The Labute approximate surface area is 182 Å². The molecule has 0 fully saturated rings. The van der Waals surface area contributed by atoms with Crippen LogP contribution in [0.1, 0.15) is 21.5 Å². The van der Waals surface area contributed by atoms with Crippen molar-refractivity contribution >= 4 is 28.8 Å². The number of aromatic amines is 1. The normalized spacial score (nSPS) is 10.9. The molecule has 0 radical (unpaired) electrons. The minimum Gasteiger partial charge on any atom is -0.348 e. The van der Waals surface area contributed by atoms with Gasteiger partial charge in [-0.2, -0.15) is 0 Å². The average Bonchev–Trinajstić information content (AvgIpc) is 2.81. The first-order valence-electron chi connectivity index (χ1n) is 9.63. The van der Waals surface area contributed by atoms with Crippen LogP contribution in [0.2, 0.25) is 0 Å². The van der Waals surface area contributed by atoms with Gasteiger partial charge in [-0.25, -0.2) is 4.98 Å². The highest BCUT2D eigenvalue weighted by Crippen LogP contribution is 2.15. The van der Waals surface area contributed by atoms with Crippen molar-refractivity contribution in [2.24, 2.45) is 0 Å². The maximum absolute atomic E-state index is 12.5. The van der Waals surface area contributed by atoms with E-state index in [2.05, 4.69) is 15.3 Å². The number of fused-ring (bicyclic) bond motifs is 1. The van der Waals surface area contributed by atoms with Crippen LogP contribution in [0.25, 0.3) is 11.2 Å². The predicted molar refractivity (Wildman–Crippen MR) is 122 cm³/mol. The lowest BCUT2D eigenvalue weighted by atomic mass is 10.1. The summed E-state index contributed by atoms with van der Waals surface area (Å²) in [5.41, 5.74) is 1.86. The molecule has 0 bridgehead atoms. The van der Waals surface area contributed by atoms with Crippen molar-refractivity contribution < 1.29 is 4.79 Å². The van der Waals surface area contributed by atoms with E-state index in [0.717, 1.165) is 11.1 Å². The number of H-pyrrole nitrogens is 1. The molecule has 156 valence electrons. The second-order valence-corrected chi connectivity index (χ2v) is 7.83. The first-order valence-corrected chi connectivity index (χ1v) is 10.9. The number of amides is 1. The molecule has 7 nitrogen and oxygen atoms in total. The number of rotatable bonds is 6. The fourth-order valence-corrected chi connectivity index (χ4v) is 3.63. The zero-order valence-electron chi connectivity index (χ0n) is 16.8. The van der Waals surface area contributed by atoms with Crippen molar-refractivity contribution in [3.8, 4) is 0 Å². The molecule has 0 unspecified atom stereocenters. The van der Waals surface area contributed by atoms with E-state index < -0.39 is 11.1 Å². The molecule has 2 N–H and O–H groups in total. The maximum atomic E-state index is 12.5. The van der Waals surface area contributed by atoms with Gasteiger partial charge in [-0.1, -0.05) is 24.3 Å². The number of nitrogens with one attached hydrogen (secondary N) is 2. The number of pyridine rings is 1. The molecule has 1 amide bonds. The predicted octanol–water partition coefficient (Wildman–Crippen LogP) is 2.79. The Hall–Kier alpha value is -3.65. The average molecular weight is 433 g/mol. The molecule has 0 aliphatic carbocycles. The molecule has 0 spiro atoms. The number of carbonyl (C=O) groups is 1. The molecule has 0 atom stereocenters. The Bertz CT molecular complexity index is 1340. The molecule has 0 aliphatic rings. The fourth-order valence-electron chi connectivity index (χ4n) is 3.22. The van der Waals surface area contributed by atoms with Crippen molar-refractivity contribution in [2.45, 2.75) is 18.0 Å². The van der Waals surface area contributed by atoms with Crippen molar-refractivity contribution in [1.82, 2.24) is 19.9 Å². The molecule has 31 heavy (non-hydrogen) atoms. The Morgan fingerprint density at radius 1 is 1.03 bits per heavy atom. The van der Waals surface area contributed by atoms with Crippen LogP contribution in [-0.4, -0.2) is 26.7 Å². The summed E-state index contributed by atoms with van der Waals surface area (Å²) in [6.07, 6.45) is 3.59. The Kier molecular flexibility index (Phi) is 5.99. The van der Waals surface area contributed by atoms with Crippen LogP contribution in [0.5, 0.6) is 0 Å². The summed E-state index contributed by atoms with van der Waals surface area (Å²) in [5.74, 6) is -0.180. The minimum absolute atomic E-state index is 0.180. The quantitative estimate of drug-likeness (QED) is 0.361. The van der Waals surface area contributed by atoms with Crippen molar-refractivity contribution in [2.75, 3.05) is 6.26 Å². The molecular formula is C23H20N4O3S. The smallest absolute Gasteiger partial charge is 0.318 e. The second-order valence-electron chi connectivity index (χ2n) is 6.95. The van der Waals surface area contributed by atoms with Gasteiger partial charge < -0.3 is 10.3 Å². The highest BCUT2D eigenvalue weighted by molar-refractivity contribution is 7.98. The number of thioether (sulfide) groups is 1. The van der Waals surface area contributed by atoms with Gasteiger partial charge in [0.05, 0.1) is 12.1 Å². The third-order valence-electron chi connectivity index (χ3n) is 4.90. The second kappa shape index (κ2) is 9.01. The Morgan fingerprint density at radius 2 is 1.74 bits per heavy atom. The third kappa shape index (κ3) is 4.59. The van der Waals surface area contributed by atoms with Gasteiger partial charge in [-0.05, 0) is 53.8 Å². The monoisotopic (exact) mass is 432 g/mol. The summed E-state index contributed by atoms with van der Waals surface area (Å²) >= 11 is 1.67. The highest BCUT2D eigenvalue weighted by atomic mass is 32.2. The molecule has 0 saturated carbocycles. The summed E-state index contributed by atoms with van der Waals surface area (Å²) in [6.45, 7) is 0.620. The van der Waals surface area contributed by atoms with Crippen molar-refractivity contribution in [1.29, 1.82) is 0 Å². The largest absolute Gasteiger partial charge is 0.348 e. The molecule has 0 saturated heterocycles. The lowest BCUT2D eigenvalue weighted by molar-refractivity contribution is 0.0951. The first kappa shape index (κ1) is 20.6. The van der Waals surface area contributed by atoms with Gasteiger partial charge in [-0.15, -0.1) is 11.8 Å². The minimum atomic E-state index is -0.693. The number of benzene rings is 2. The van der Waals surface area contributed by atoms with E-state index in [4.69, 9.17) is 0 Å². The zero-order valence-corrected chi connectivity index (χ0v) is 17.6. The van der Waals surface area contributed by atoms with E-state index in [1.165, 1.54) is 9.46 Å². The van der Waals surface area contributed by atoms with Crippen LogP contribution < -0.4 is 16.4 Å². The van der Waals surface area contributed by atoms with Crippen LogP contribution in [0.15, 0.2) is 81.3 Å². The number of carbonyl (C=O) groups excluding carboxylic acids is 1. The molecular weight excluding hydrogens is 412 g/mol. The van der Waals surface area contributed by atoms with Gasteiger partial charge in [0.2, 0.25) is 0 Å². The number of nitrogens with zero attached hydrogens (tertiary/aromatic N) is 2. The van der Waals surface area contributed by atoms with Crippen molar-refractivity contribution in [3.05, 3.63) is 104 Å². The van der Waals surface area contributed by atoms with Gasteiger partial charge in [0.1, 0.15) is 0 Å². The lowest BCUT2D eigenvalue weighted by Gasteiger charge is -2.10. The summed E-state index contributed by atoms with van der Waals surface area (Å²) in [5, 5.41) is 2.91. The molecule has 4 aromatic rings. The van der Waals surface area contributed by atoms with E-state index in [-0.39, 0.29) is 12.5 Å². The van der Waals surface area contributed by atoms with E-state index >= 15 is 0 Å².